The van der Waals surface area contributed by atoms with Gasteiger partial charge < -0.3 is 5.32 Å². The third-order valence-corrected chi connectivity index (χ3v) is 2.71. The zero-order chi connectivity index (χ0) is 14.2. The number of carbonyl (C=O) groups is 1. The molecule has 1 aromatic heterocycles. The minimum absolute atomic E-state index is 0.243. The molecule has 7 nitrogen and oxygen atoms in total. The summed E-state index contributed by atoms with van der Waals surface area (Å²) >= 11 is 0. The van der Waals surface area contributed by atoms with E-state index in [1.807, 2.05) is 24.3 Å². The van der Waals surface area contributed by atoms with Crippen LogP contribution >= 0.6 is 0 Å². The van der Waals surface area contributed by atoms with Gasteiger partial charge in [-0.2, -0.15) is 0 Å². The van der Waals surface area contributed by atoms with Crippen molar-refractivity contribution in [2.24, 2.45) is 5.11 Å². The summed E-state index contributed by atoms with van der Waals surface area (Å²) in [6.45, 7) is 0.969. The molecule has 0 fully saturated rings. The molecular weight excluding hydrogens is 256 g/mol. The summed E-state index contributed by atoms with van der Waals surface area (Å²) in [4.78, 5) is 23.0. The molecule has 0 saturated carbocycles. The lowest BCUT2D eigenvalue weighted by Gasteiger charge is -2.04. The molecule has 0 aliphatic heterocycles. The van der Waals surface area contributed by atoms with Gasteiger partial charge in [0.1, 0.15) is 5.69 Å². The van der Waals surface area contributed by atoms with Crippen LogP contribution in [0.15, 0.2) is 35.6 Å². The van der Waals surface area contributed by atoms with Gasteiger partial charge in [0.15, 0.2) is 0 Å². The number of aromatic nitrogens is 2. The van der Waals surface area contributed by atoms with Crippen LogP contribution in [0, 0.1) is 0 Å². The van der Waals surface area contributed by atoms with E-state index in [1.165, 1.54) is 6.20 Å². The standard InChI is InChI=1S/C13H14N6O/c14-19-17-8-4-3-7-15-13(20)12-9-16-10-5-1-2-6-11(10)18-12/h1-2,5-6,9H,3-4,7-8H2,(H,15,20). The van der Waals surface area contributed by atoms with Gasteiger partial charge in [0, 0.05) is 18.0 Å². The summed E-state index contributed by atoms with van der Waals surface area (Å²) < 4.78 is 0. The number of amides is 1. The van der Waals surface area contributed by atoms with Gasteiger partial charge in [-0.1, -0.05) is 17.2 Å². The Morgan fingerprint density at radius 2 is 2.10 bits per heavy atom. The van der Waals surface area contributed by atoms with E-state index in [-0.39, 0.29) is 5.91 Å². The monoisotopic (exact) mass is 270 g/mol. The second-order valence-corrected chi connectivity index (χ2v) is 4.16. The quantitative estimate of drug-likeness (QED) is 0.377. The average Bonchev–Trinajstić information content (AvgIpc) is 2.50. The fourth-order valence-corrected chi connectivity index (χ4v) is 1.71. The average molecular weight is 270 g/mol. The first-order valence-electron chi connectivity index (χ1n) is 6.32. The normalized spacial score (nSPS) is 10.0. The summed E-state index contributed by atoms with van der Waals surface area (Å²) in [6.07, 6.45) is 2.97. The fourth-order valence-electron chi connectivity index (χ4n) is 1.71. The van der Waals surface area contributed by atoms with Crippen LogP contribution in [-0.4, -0.2) is 29.0 Å². The molecule has 1 N–H and O–H groups in total. The molecule has 0 aliphatic carbocycles. The summed E-state index contributed by atoms with van der Waals surface area (Å²) in [5.41, 5.74) is 9.88. The first kappa shape index (κ1) is 13.8. The number of hydrogen-bond acceptors (Lipinski definition) is 4. The fraction of sp³-hybridized carbons (Fsp3) is 0.308. The van der Waals surface area contributed by atoms with Crippen LogP contribution in [0.25, 0.3) is 21.5 Å². The lowest BCUT2D eigenvalue weighted by atomic mass is 10.3. The molecule has 20 heavy (non-hydrogen) atoms. The van der Waals surface area contributed by atoms with Crippen molar-refractivity contribution in [3.63, 3.8) is 0 Å². The maximum Gasteiger partial charge on any atom is 0.271 e. The number of unbranched alkanes of at least 4 members (excludes halogenated alkanes) is 1. The Labute approximate surface area is 115 Å². The number of benzene rings is 1. The number of rotatable bonds is 6. The second-order valence-electron chi connectivity index (χ2n) is 4.16. The van der Waals surface area contributed by atoms with Gasteiger partial charge in [-0.3, -0.25) is 9.78 Å². The van der Waals surface area contributed by atoms with E-state index in [0.717, 1.165) is 18.4 Å². The molecule has 102 valence electrons. The Kier molecular flexibility index (Phi) is 4.86. The zero-order valence-electron chi connectivity index (χ0n) is 10.9. The highest BCUT2D eigenvalue weighted by Crippen LogP contribution is 2.08. The first-order valence-corrected chi connectivity index (χ1v) is 6.32. The predicted molar refractivity (Wildman–Crippen MR) is 75.1 cm³/mol. The van der Waals surface area contributed by atoms with Crippen molar-refractivity contribution in [1.29, 1.82) is 0 Å². The van der Waals surface area contributed by atoms with Crippen LogP contribution in [0.5, 0.6) is 0 Å². The van der Waals surface area contributed by atoms with Crippen molar-refractivity contribution in [2.75, 3.05) is 13.1 Å². The van der Waals surface area contributed by atoms with Gasteiger partial charge in [0.25, 0.3) is 5.91 Å². The molecule has 1 aromatic carbocycles. The zero-order valence-corrected chi connectivity index (χ0v) is 10.9. The van der Waals surface area contributed by atoms with Crippen molar-refractivity contribution in [1.82, 2.24) is 15.3 Å². The molecule has 1 amide bonds. The van der Waals surface area contributed by atoms with Crippen molar-refractivity contribution in [2.45, 2.75) is 12.8 Å². The summed E-state index contributed by atoms with van der Waals surface area (Å²) in [7, 11) is 0. The second kappa shape index (κ2) is 7.06. The SMILES string of the molecule is [N-]=[N+]=NCCCCNC(=O)c1cnc2ccccc2n1. The van der Waals surface area contributed by atoms with Crippen LogP contribution in [0.4, 0.5) is 0 Å². The minimum Gasteiger partial charge on any atom is -0.351 e. The molecule has 0 bridgehead atoms. The van der Waals surface area contributed by atoms with E-state index in [9.17, 15) is 4.79 Å². The van der Waals surface area contributed by atoms with Crippen LogP contribution < -0.4 is 5.32 Å². The molecule has 1 heterocycles. The Hall–Kier alpha value is -2.66. The smallest absolute Gasteiger partial charge is 0.271 e. The summed E-state index contributed by atoms with van der Waals surface area (Å²) in [5.74, 6) is -0.243. The summed E-state index contributed by atoms with van der Waals surface area (Å²) in [6, 6.07) is 7.40. The third-order valence-electron chi connectivity index (χ3n) is 2.71. The number of nitrogens with zero attached hydrogens (tertiary/aromatic N) is 5. The molecule has 0 aliphatic rings. The molecule has 0 saturated heterocycles. The number of carbonyl (C=O) groups excluding carboxylic acids is 1. The van der Waals surface area contributed by atoms with E-state index >= 15 is 0 Å². The molecule has 0 unspecified atom stereocenters. The number of para-hydroxylation sites is 2. The number of azide groups is 1. The topological polar surface area (TPSA) is 104 Å². The highest BCUT2D eigenvalue weighted by Gasteiger charge is 2.07. The van der Waals surface area contributed by atoms with Gasteiger partial charge in [0.05, 0.1) is 17.2 Å². The van der Waals surface area contributed by atoms with Crippen LogP contribution in [-0.2, 0) is 0 Å². The lowest BCUT2D eigenvalue weighted by molar-refractivity contribution is 0.0948. The maximum atomic E-state index is 11.9. The highest BCUT2D eigenvalue weighted by molar-refractivity contribution is 5.93. The van der Waals surface area contributed by atoms with Gasteiger partial charge >= 0.3 is 0 Å². The molecule has 0 spiro atoms. The lowest BCUT2D eigenvalue weighted by Crippen LogP contribution is -2.25. The Bertz CT molecular complexity index is 650. The van der Waals surface area contributed by atoms with Gasteiger partial charge in [-0.05, 0) is 30.5 Å². The van der Waals surface area contributed by atoms with Crippen molar-refractivity contribution in [3.8, 4) is 0 Å². The van der Waals surface area contributed by atoms with E-state index < -0.39 is 0 Å². The van der Waals surface area contributed by atoms with Gasteiger partial charge in [-0.25, -0.2) is 4.98 Å². The van der Waals surface area contributed by atoms with Gasteiger partial charge in [-0.15, -0.1) is 0 Å². The number of fused-ring (bicyclic) bond motifs is 1. The largest absolute Gasteiger partial charge is 0.351 e. The summed E-state index contributed by atoms with van der Waals surface area (Å²) in [5, 5.41) is 6.19. The molecule has 0 atom stereocenters. The first-order chi connectivity index (χ1) is 9.81. The van der Waals surface area contributed by atoms with Crippen LogP contribution in [0.1, 0.15) is 23.3 Å². The predicted octanol–water partition coefficient (Wildman–Crippen LogP) is 2.45. The maximum absolute atomic E-state index is 11.9. The van der Waals surface area contributed by atoms with E-state index in [1.54, 1.807) is 0 Å². The Balaban J connectivity index is 1.89. The molecule has 2 rings (SSSR count). The van der Waals surface area contributed by atoms with Crippen LogP contribution in [0.2, 0.25) is 0 Å². The van der Waals surface area contributed by atoms with Crippen molar-refractivity contribution < 1.29 is 4.79 Å². The van der Waals surface area contributed by atoms with E-state index in [2.05, 4.69) is 25.3 Å². The number of hydrogen-bond donors (Lipinski definition) is 1. The molecular formula is C13H14N6O. The third kappa shape index (κ3) is 3.66. The Morgan fingerprint density at radius 3 is 2.90 bits per heavy atom. The number of nitrogens with one attached hydrogen (secondary N) is 1. The molecule has 2 aromatic rings. The van der Waals surface area contributed by atoms with Gasteiger partial charge in [0.2, 0.25) is 0 Å². The molecule has 7 heteroatoms. The van der Waals surface area contributed by atoms with E-state index in [0.29, 0.717) is 24.3 Å². The van der Waals surface area contributed by atoms with Crippen molar-refractivity contribution in [3.05, 3.63) is 46.6 Å². The van der Waals surface area contributed by atoms with Crippen LogP contribution in [0.3, 0.4) is 0 Å². The highest BCUT2D eigenvalue weighted by atomic mass is 16.1. The van der Waals surface area contributed by atoms with E-state index in [4.69, 9.17) is 5.53 Å². The Morgan fingerprint density at radius 1 is 1.30 bits per heavy atom. The molecule has 0 radical (unpaired) electrons. The van der Waals surface area contributed by atoms with Crippen molar-refractivity contribution >= 4 is 16.9 Å². The minimum atomic E-state index is -0.243.